The minimum Gasteiger partial charge on any atom is -0.506 e. The summed E-state index contributed by atoms with van der Waals surface area (Å²) in [6.07, 6.45) is 2.07. The third-order valence-corrected chi connectivity index (χ3v) is 6.02. The van der Waals surface area contributed by atoms with E-state index in [0.717, 1.165) is 57.8 Å². The number of nitrogens with zero attached hydrogens (tertiary/aromatic N) is 1. The Labute approximate surface area is 169 Å². The molecule has 2 aliphatic heterocycles. The molecule has 8 heteroatoms. The van der Waals surface area contributed by atoms with Crippen LogP contribution < -0.4 is 5.32 Å². The van der Waals surface area contributed by atoms with Gasteiger partial charge in [0.15, 0.2) is 0 Å². The number of benzene rings is 1. The molecule has 1 aromatic carbocycles. The van der Waals surface area contributed by atoms with Gasteiger partial charge in [-0.15, -0.1) is 24.8 Å². The standard InChI is InChI=1S/C16H22BrClN2O2.2ClH/c17-14-13(18)2-1-12(16(14)21)15(11-3-9-22-10-4-11)20-7-5-19-6-8-20;;/h1-2,11,15,19,21H,3-10H2;2*1H/t15-;;/m0../s1. The summed E-state index contributed by atoms with van der Waals surface area (Å²) in [5.74, 6) is 0.786. The topological polar surface area (TPSA) is 44.7 Å². The zero-order valence-corrected chi connectivity index (χ0v) is 17.3. The SMILES string of the molecule is Cl.Cl.Oc1c([C@H](C2CCOCC2)N2CCNCC2)ccc(Cl)c1Br. The van der Waals surface area contributed by atoms with Gasteiger partial charge in [-0.1, -0.05) is 17.7 Å². The summed E-state index contributed by atoms with van der Waals surface area (Å²) in [5, 5.41) is 14.6. The van der Waals surface area contributed by atoms with Crippen LogP contribution in [-0.4, -0.2) is 49.4 Å². The second-order valence-corrected chi connectivity index (χ2v) is 7.18. The van der Waals surface area contributed by atoms with Crippen LogP contribution in [0.1, 0.15) is 24.4 Å². The second-order valence-electron chi connectivity index (χ2n) is 5.98. The fourth-order valence-corrected chi connectivity index (χ4v) is 4.05. The number of hydrogen-bond donors (Lipinski definition) is 2. The van der Waals surface area contributed by atoms with E-state index in [1.165, 1.54) is 0 Å². The first-order valence-electron chi connectivity index (χ1n) is 7.88. The van der Waals surface area contributed by atoms with Gasteiger partial charge in [0, 0.05) is 51.0 Å². The van der Waals surface area contributed by atoms with Crippen LogP contribution in [0.15, 0.2) is 16.6 Å². The van der Waals surface area contributed by atoms with Gasteiger partial charge in [-0.3, -0.25) is 4.90 Å². The Morgan fingerprint density at radius 1 is 1.21 bits per heavy atom. The van der Waals surface area contributed by atoms with Crippen LogP contribution in [0.3, 0.4) is 0 Å². The van der Waals surface area contributed by atoms with Gasteiger partial charge in [0.1, 0.15) is 5.75 Å². The molecule has 2 heterocycles. The molecule has 1 aromatic rings. The summed E-state index contributed by atoms with van der Waals surface area (Å²) in [5.41, 5.74) is 0.977. The van der Waals surface area contributed by atoms with Crippen molar-refractivity contribution < 1.29 is 9.84 Å². The van der Waals surface area contributed by atoms with Crippen LogP contribution in [-0.2, 0) is 4.74 Å². The molecule has 2 aliphatic rings. The number of phenolic OH excluding ortho intramolecular Hbond substituents is 1. The number of rotatable bonds is 3. The quantitative estimate of drug-likeness (QED) is 0.712. The van der Waals surface area contributed by atoms with E-state index < -0.39 is 0 Å². The first-order valence-corrected chi connectivity index (χ1v) is 9.05. The van der Waals surface area contributed by atoms with Crippen molar-refractivity contribution in [1.82, 2.24) is 10.2 Å². The number of aromatic hydroxyl groups is 1. The highest BCUT2D eigenvalue weighted by Gasteiger charge is 2.33. The third kappa shape index (κ3) is 4.91. The van der Waals surface area contributed by atoms with Crippen molar-refractivity contribution in [3.63, 3.8) is 0 Å². The lowest BCUT2D eigenvalue weighted by Crippen LogP contribution is -2.47. The van der Waals surface area contributed by atoms with Crippen molar-refractivity contribution in [2.24, 2.45) is 5.92 Å². The Bertz CT molecular complexity index is 506. The Hall–Kier alpha value is 0.250. The van der Waals surface area contributed by atoms with Gasteiger partial charge in [-0.2, -0.15) is 0 Å². The van der Waals surface area contributed by atoms with E-state index in [-0.39, 0.29) is 36.6 Å². The minimum atomic E-state index is 0. The van der Waals surface area contributed by atoms with E-state index in [0.29, 0.717) is 15.4 Å². The maximum atomic E-state index is 10.6. The smallest absolute Gasteiger partial charge is 0.136 e. The van der Waals surface area contributed by atoms with E-state index in [9.17, 15) is 5.11 Å². The number of piperazine rings is 1. The van der Waals surface area contributed by atoms with E-state index in [1.54, 1.807) is 0 Å². The van der Waals surface area contributed by atoms with Gasteiger partial charge in [-0.25, -0.2) is 0 Å². The highest BCUT2D eigenvalue weighted by Crippen LogP contribution is 2.43. The molecule has 2 N–H and O–H groups in total. The van der Waals surface area contributed by atoms with Crippen LogP contribution >= 0.6 is 52.3 Å². The van der Waals surface area contributed by atoms with Crippen LogP contribution in [0.5, 0.6) is 5.75 Å². The van der Waals surface area contributed by atoms with Crippen molar-refractivity contribution in [3.8, 4) is 5.75 Å². The predicted octanol–water partition coefficient (Wildman–Crippen LogP) is 4.02. The summed E-state index contributed by atoms with van der Waals surface area (Å²) in [6.45, 7) is 5.61. The normalized spacial score (nSPS) is 20.8. The van der Waals surface area contributed by atoms with E-state index in [2.05, 4.69) is 26.1 Å². The van der Waals surface area contributed by atoms with Crippen LogP contribution in [0.4, 0.5) is 0 Å². The fraction of sp³-hybridized carbons (Fsp3) is 0.625. The molecule has 0 radical (unpaired) electrons. The molecule has 2 fully saturated rings. The van der Waals surface area contributed by atoms with Crippen molar-refractivity contribution in [2.45, 2.75) is 18.9 Å². The van der Waals surface area contributed by atoms with Crippen molar-refractivity contribution in [3.05, 3.63) is 27.2 Å². The van der Waals surface area contributed by atoms with E-state index in [4.69, 9.17) is 16.3 Å². The maximum Gasteiger partial charge on any atom is 0.136 e. The lowest BCUT2D eigenvalue weighted by atomic mass is 9.85. The van der Waals surface area contributed by atoms with Crippen LogP contribution in [0.25, 0.3) is 0 Å². The molecular weight excluding hydrogens is 438 g/mol. The highest BCUT2D eigenvalue weighted by molar-refractivity contribution is 9.10. The first-order chi connectivity index (χ1) is 10.7. The maximum absolute atomic E-state index is 10.6. The van der Waals surface area contributed by atoms with Gasteiger partial charge >= 0.3 is 0 Å². The molecule has 138 valence electrons. The Balaban J connectivity index is 0.00000144. The van der Waals surface area contributed by atoms with Gasteiger partial charge in [-0.05, 0) is 40.8 Å². The molecule has 0 bridgehead atoms. The summed E-state index contributed by atoms with van der Waals surface area (Å²) in [7, 11) is 0. The molecule has 3 rings (SSSR count). The molecule has 0 aliphatic carbocycles. The van der Waals surface area contributed by atoms with Gasteiger partial charge < -0.3 is 15.2 Å². The van der Waals surface area contributed by atoms with Gasteiger partial charge in [0.2, 0.25) is 0 Å². The van der Waals surface area contributed by atoms with Crippen LogP contribution in [0.2, 0.25) is 5.02 Å². The Kier molecular flexibility index (Phi) is 9.67. The molecule has 0 amide bonds. The van der Waals surface area contributed by atoms with Crippen molar-refractivity contribution in [1.29, 1.82) is 0 Å². The van der Waals surface area contributed by atoms with Gasteiger partial charge in [0.25, 0.3) is 0 Å². The molecule has 2 saturated heterocycles. The second kappa shape index (κ2) is 10.4. The number of nitrogens with one attached hydrogen (secondary N) is 1. The molecule has 0 spiro atoms. The van der Waals surface area contributed by atoms with Gasteiger partial charge in [0.05, 0.1) is 9.50 Å². The highest BCUT2D eigenvalue weighted by atomic mass is 79.9. The first kappa shape index (κ1) is 22.3. The zero-order valence-electron chi connectivity index (χ0n) is 13.3. The number of ether oxygens (including phenoxy) is 1. The number of hydrogen-bond acceptors (Lipinski definition) is 4. The fourth-order valence-electron chi connectivity index (χ4n) is 3.53. The molecular formula is C16H24BrCl3N2O2. The third-order valence-electron chi connectivity index (χ3n) is 4.68. The summed E-state index contributed by atoms with van der Waals surface area (Å²) in [4.78, 5) is 2.49. The predicted molar refractivity (Wildman–Crippen MR) is 106 cm³/mol. The Morgan fingerprint density at radius 3 is 2.46 bits per heavy atom. The summed E-state index contributed by atoms with van der Waals surface area (Å²) >= 11 is 9.52. The summed E-state index contributed by atoms with van der Waals surface area (Å²) < 4.78 is 6.12. The number of halogens is 4. The van der Waals surface area contributed by atoms with Crippen molar-refractivity contribution >= 4 is 52.3 Å². The minimum absolute atomic E-state index is 0. The lowest BCUT2D eigenvalue weighted by Gasteiger charge is -2.41. The lowest BCUT2D eigenvalue weighted by molar-refractivity contribution is 0.0206. The largest absolute Gasteiger partial charge is 0.506 e. The Morgan fingerprint density at radius 2 is 1.83 bits per heavy atom. The molecule has 0 unspecified atom stereocenters. The monoisotopic (exact) mass is 460 g/mol. The molecule has 24 heavy (non-hydrogen) atoms. The van der Waals surface area contributed by atoms with E-state index in [1.807, 2.05) is 12.1 Å². The zero-order chi connectivity index (χ0) is 15.5. The molecule has 0 saturated carbocycles. The van der Waals surface area contributed by atoms with Crippen molar-refractivity contribution in [2.75, 3.05) is 39.4 Å². The average Bonchev–Trinajstić information content (AvgIpc) is 2.57. The van der Waals surface area contributed by atoms with Crippen LogP contribution in [0, 0.1) is 5.92 Å². The summed E-state index contributed by atoms with van der Waals surface area (Å²) in [6, 6.07) is 4.07. The average molecular weight is 463 g/mol. The number of phenols is 1. The molecule has 0 aromatic heterocycles. The molecule has 4 nitrogen and oxygen atoms in total. The van der Waals surface area contributed by atoms with E-state index >= 15 is 0 Å². The molecule has 1 atom stereocenters.